The van der Waals surface area contributed by atoms with Gasteiger partial charge in [-0.1, -0.05) is 37.3 Å². The maximum atomic E-state index is 12.9. The molecular formula is C30H40N6O7S. The molecule has 238 valence electrons. The van der Waals surface area contributed by atoms with Crippen molar-refractivity contribution in [3.63, 3.8) is 0 Å². The Morgan fingerprint density at radius 1 is 1.11 bits per heavy atom. The van der Waals surface area contributed by atoms with Crippen molar-refractivity contribution in [2.45, 2.75) is 58.6 Å². The summed E-state index contributed by atoms with van der Waals surface area (Å²) in [6.45, 7) is 9.23. The zero-order valence-electron chi connectivity index (χ0n) is 26.1. The van der Waals surface area contributed by atoms with Gasteiger partial charge in [0.2, 0.25) is 21.8 Å². The van der Waals surface area contributed by atoms with Gasteiger partial charge in [-0.15, -0.1) is 10.2 Å². The van der Waals surface area contributed by atoms with Crippen molar-refractivity contribution < 1.29 is 32.3 Å². The number of aliphatic carboxylic acids is 1. The van der Waals surface area contributed by atoms with Crippen molar-refractivity contribution in [2.24, 2.45) is 11.8 Å². The number of sulfonamides is 1. The number of nitrogens with one attached hydrogen (secondary N) is 1. The number of hydrogen-bond acceptors (Lipinski definition) is 10. The van der Waals surface area contributed by atoms with Crippen LogP contribution in [0.15, 0.2) is 46.9 Å². The molecule has 1 amide bonds. The molecule has 14 heteroatoms. The van der Waals surface area contributed by atoms with Crippen molar-refractivity contribution in [1.82, 2.24) is 20.5 Å². The van der Waals surface area contributed by atoms with E-state index in [9.17, 15) is 23.1 Å². The minimum Gasteiger partial charge on any atom is -0.480 e. The monoisotopic (exact) mass is 628 g/mol. The molecule has 2 heterocycles. The third-order valence-corrected chi connectivity index (χ3v) is 8.50. The highest BCUT2D eigenvalue weighted by Gasteiger charge is 2.38. The highest BCUT2D eigenvalue weighted by Crippen LogP contribution is 2.39. The summed E-state index contributed by atoms with van der Waals surface area (Å²) in [5.41, 5.74) is -0.701. The van der Waals surface area contributed by atoms with Crippen LogP contribution in [0.1, 0.15) is 52.5 Å². The summed E-state index contributed by atoms with van der Waals surface area (Å²) in [6, 6.07) is 12.5. The Balaban J connectivity index is 1.77. The van der Waals surface area contributed by atoms with Gasteiger partial charge >= 0.3 is 12.1 Å². The van der Waals surface area contributed by atoms with E-state index in [1.165, 1.54) is 13.1 Å². The molecule has 0 saturated heterocycles. The van der Waals surface area contributed by atoms with Gasteiger partial charge in [0.1, 0.15) is 29.3 Å². The normalized spacial score (nSPS) is 17.8. The molecule has 1 saturated carbocycles. The van der Waals surface area contributed by atoms with Gasteiger partial charge in [0.15, 0.2) is 0 Å². The van der Waals surface area contributed by atoms with Crippen LogP contribution >= 0.6 is 0 Å². The smallest absolute Gasteiger partial charge is 0.408 e. The van der Waals surface area contributed by atoms with Crippen LogP contribution in [0.3, 0.4) is 0 Å². The van der Waals surface area contributed by atoms with Crippen LogP contribution in [0.2, 0.25) is 0 Å². The zero-order valence-corrected chi connectivity index (χ0v) is 26.9. The van der Waals surface area contributed by atoms with Gasteiger partial charge in [0.05, 0.1) is 6.26 Å². The van der Waals surface area contributed by atoms with E-state index in [2.05, 4.69) is 27.4 Å². The maximum absolute atomic E-state index is 12.9. The first kappa shape index (κ1) is 32.7. The fraction of sp³-hybridized carbons (Fsp3) is 0.500. The van der Waals surface area contributed by atoms with E-state index in [0.29, 0.717) is 30.4 Å². The lowest BCUT2D eigenvalue weighted by atomic mass is 9.92. The number of benzene rings is 1. The maximum Gasteiger partial charge on any atom is 0.408 e. The van der Waals surface area contributed by atoms with Gasteiger partial charge in [-0.25, -0.2) is 18.2 Å². The molecule has 3 atom stereocenters. The second kappa shape index (κ2) is 12.4. The first-order chi connectivity index (χ1) is 20.4. The van der Waals surface area contributed by atoms with Gasteiger partial charge < -0.3 is 24.5 Å². The van der Waals surface area contributed by atoms with Crippen molar-refractivity contribution in [1.29, 1.82) is 0 Å². The standard InChI is InChI=1S/C30H40N6O7S/c1-19-13-22(19)17-36(18-25(37)38)24-15-21(14-23(31-24)35(6)44(7,40)41)26-33-34-27(42-26)30(5,16-20-11-9-8-10-12-20)32-28(39)43-29(2,3)4/h8-12,14-15,19,22H,13,16-18H2,1-7H3,(H,32,39)(H,37,38)/t19?,22?,30-/m1/s1. The second-order valence-electron chi connectivity index (χ2n) is 12.6. The minimum atomic E-state index is -3.71. The molecule has 2 unspecified atom stereocenters. The average molecular weight is 629 g/mol. The SMILES string of the molecule is CC1CC1CN(CC(=O)O)c1cc(-c2nnc([C@@](C)(Cc3ccccc3)NC(=O)OC(C)(C)C)o2)cc(N(C)S(C)(=O)=O)n1. The Kier molecular flexibility index (Phi) is 9.24. The highest BCUT2D eigenvalue weighted by atomic mass is 32.2. The van der Waals surface area contributed by atoms with Crippen molar-refractivity contribution in [2.75, 3.05) is 35.6 Å². The number of amides is 1. The molecule has 0 aliphatic heterocycles. The number of carboxylic acid groups (broad SMARTS) is 1. The predicted molar refractivity (Wildman–Crippen MR) is 165 cm³/mol. The fourth-order valence-corrected chi connectivity index (χ4v) is 5.16. The van der Waals surface area contributed by atoms with Gasteiger partial charge in [-0.3, -0.25) is 9.10 Å². The van der Waals surface area contributed by atoms with Crippen LogP contribution in [0, 0.1) is 11.8 Å². The van der Waals surface area contributed by atoms with Crippen LogP contribution in [0.5, 0.6) is 0 Å². The number of anilines is 2. The number of hydrogen-bond donors (Lipinski definition) is 2. The predicted octanol–water partition coefficient (Wildman–Crippen LogP) is 4.06. The summed E-state index contributed by atoms with van der Waals surface area (Å²) < 4.78 is 37.6. The number of rotatable bonds is 12. The molecule has 1 aromatic carbocycles. The molecule has 1 aliphatic rings. The van der Waals surface area contributed by atoms with E-state index in [1.54, 1.807) is 38.7 Å². The highest BCUT2D eigenvalue weighted by molar-refractivity contribution is 7.92. The van der Waals surface area contributed by atoms with Crippen LogP contribution in [-0.2, 0) is 31.5 Å². The number of carboxylic acids is 1. The number of nitrogens with zero attached hydrogens (tertiary/aromatic N) is 5. The summed E-state index contributed by atoms with van der Waals surface area (Å²) in [6.07, 6.45) is 1.63. The number of pyridine rings is 1. The Hall–Kier alpha value is -4.20. The van der Waals surface area contributed by atoms with E-state index in [0.717, 1.165) is 22.5 Å². The van der Waals surface area contributed by atoms with Gasteiger partial charge in [0.25, 0.3) is 0 Å². The topological polar surface area (TPSA) is 168 Å². The number of aromatic nitrogens is 3. The van der Waals surface area contributed by atoms with Gasteiger partial charge in [0, 0.05) is 25.6 Å². The Morgan fingerprint density at radius 2 is 1.75 bits per heavy atom. The van der Waals surface area contributed by atoms with Crippen molar-refractivity contribution in [3.05, 3.63) is 53.9 Å². The summed E-state index contributed by atoms with van der Waals surface area (Å²) in [5.74, 6) is 0.133. The van der Waals surface area contributed by atoms with E-state index in [-0.39, 0.29) is 30.0 Å². The van der Waals surface area contributed by atoms with E-state index in [4.69, 9.17) is 9.15 Å². The minimum absolute atomic E-state index is 0.0344. The van der Waals surface area contributed by atoms with Crippen molar-refractivity contribution in [3.8, 4) is 11.5 Å². The van der Waals surface area contributed by atoms with Crippen LogP contribution in [0.25, 0.3) is 11.5 Å². The fourth-order valence-electron chi connectivity index (χ4n) is 4.73. The lowest BCUT2D eigenvalue weighted by Crippen LogP contribution is -2.47. The lowest BCUT2D eigenvalue weighted by molar-refractivity contribution is -0.135. The average Bonchev–Trinajstić information content (AvgIpc) is 3.37. The second-order valence-corrected chi connectivity index (χ2v) is 14.6. The Labute approximate surface area is 257 Å². The van der Waals surface area contributed by atoms with E-state index in [1.807, 2.05) is 30.3 Å². The Morgan fingerprint density at radius 3 is 2.32 bits per heavy atom. The van der Waals surface area contributed by atoms with E-state index >= 15 is 0 Å². The number of carbonyl (C=O) groups is 2. The summed E-state index contributed by atoms with van der Waals surface area (Å²) in [7, 11) is -2.36. The molecule has 1 fully saturated rings. The number of ether oxygens (including phenoxy) is 1. The Bertz CT molecular complexity index is 1610. The zero-order chi connectivity index (χ0) is 32.4. The van der Waals surface area contributed by atoms with Crippen LogP contribution in [-0.4, -0.2) is 72.8 Å². The van der Waals surface area contributed by atoms with Crippen LogP contribution < -0.4 is 14.5 Å². The molecule has 0 spiro atoms. The molecular weight excluding hydrogens is 588 g/mol. The first-order valence-corrected chi connectivity index (χ1v) is 16.1. The third-order valence-electron chi connectivity index (χ3n) is 7.32. The molecule has 2 aromatic heterocycles. The number of carbonyl (C=O) groups excluding carboxylic acids is 1. The largest absolute Gasteiger partial charge is 0.480 e. The molecule has 1 aliphatic carbocycles. The summed E-state index contributed by atoms with van der Waals surface area (Å²) in [5, 5.41) is 21.0. The number of alkyl carbamates (subject to hydrolysis) is 1. The van der Waals surface area contributed by atoms with Gasteiger partial charge in [-0.2, -0.15) is 0 Å². The lowest BCUT2D eigenvalue weighted by Gasteiger charge is -2.29. The molecule has 4 rings (SSSR count). The van der Waals surface area contributed by atoms with E-state index < -0.39 is 33.2 Å². The molecule has 0 radical (unpaired) electrons. The molecule has 13 nitrogen and oxygen atoms in total. The molecule has 0 bridgehead atoms. The molecule has 2 N–H and O–H groups in total. The summed E-state index contributed by atoms with van der Waals surface area (Å²) in [4.78, 5) is 30.8. The molecule has 3 aromatic rings. The van der Waals surface area contributed by atoms with Gasteiger partial charge in [-0.05, 0) is 63.6 Å². The summed E-state index contributed by atoms with van der Waals surface area (Å²) >= 11 is 0. The van der Waals surface area contributed by atoms with Crippen LogP contribution in [0.4, 0.5) is 16.4 Å². The first-order valence-electron chi connectivity index (χ1n) is 14.3. The van der Waals surface area contributed by atoms with Crippen molar-refractivity contribution >= 4 is 33.7 Å². The molecule has 44 heavy (non-hydrogen) atoms. The third kappa shape index (κ3) is 8.46. The quantitative estimate of drug-likeness (QED) is 0.297.